The molecule has 0 saturated carbocycles. The van der Waals surface area contributed by atoms with Crippen LogP contribution in [-0.4, -0.2) is 36.3 Å². The molecule has 0 unspecified atom stereocenters. The largest absolute Gasteiger partial charge is 0.459 e. The number of hydrogen-bond acceptors (Lipinski definition) is 4. The molecule has 0 spiro atoms. The van der Waals surface area contributed by atoms with Crippen LogP contribution in [0.4, 0.5) is 5.69 Å². The van der Waals surface area contributed by atoms with Crippen molar-refractivity contribution in [3.63, 3.8) is 0 Å². The highest BCUT2D eigenvalue weighted by Crippen LogP contribution is 2.23. The van der Waals surface area contributed by atoms with Crippen LogP contribution in [0.1, 0.15) is 37.6 Å². The molecular weight excluding hydrogens is 378 g/mol. The van der Waals surface area contributed by atoms with E-state index in [9.17, 15) is 9.59 Å². The van der Waals surface area contributed by atoms with Crippen LogP contribution in [0.25, 0.3) is 11.0 Å². The maximum Gasteiger partial charge on any atom is 0.238 e. The van der Waals surface area contributed by atoms with Crippen LogP contribution >= 0.6 is 0 Å². The van der Waals surface area contributed by atoms with Gasteiger partial charge in [-0.3, -0.25) is 14.5 Å². The fraction of sp³-hybridized carbons (Fsp3) is 0.333. The van der Waals surface area contributed by atoms with Crippen LogP contribution < -0.4 is 10.6 Å². The summed E-state index contributed by atoms with van der Waals surface area (Å²) in [5.74, 6) is 0.444. The molecule has 6 heteroatoms. The zero-order chi connectivity index (χ0) is 21.5. The van der Waals surface area contributed by atoms with Gasteiger partial charge in [0.1, 0.15) is 11.3 Å². The lowest BCUT2D eigenvalue weighted by atomic mass is 10.2. The van der Waals surface area contributed by atoms with Crippen molar-refractivity contribution in [2.75, 3.05) is 25.0 Å². The fourth-order valence-corrected chi connectivity index (χ4v) is 3.41. The maximum absolute atomic E-state index is 12.6. The van der Waals surface area contributed by atoms with E-state index in [1.165, 1.54) is 0 Å². The van der Waals surface area contributed by atoms with Crippen molar-refractivity contribution in [1.82, 2.24) is 10.2 Å². The zero-order valence-electron chi connectivity index (χ0n) is 17.8. The number of para-hydroxylation sites is 2. The zero-order valence-corrected chi connectivity index (χ0v) is 17.8. The normalized spacial score (nSPS) is 12.1. The number of fused-ring (bicyclic) bond motifs is 1. The second-order valence-electron chi connectivity index (χ2n) is 7.55. The number of carbonyl (C=O) groups is 2. The molecule has 6 nitrogen and oxygen atoms in total. The molecule has 0 aliphatic rings. The summed E-state index contributed by atoms with van der Waals surface area (Å²) in [5.41, 5.74) is 2.60. The van der Waals surface area contributed by atoms with E-state index >= 15 is 0 Å². The van der Waals surface area contributed by atoms with Crippen molar-refractivity contribution in [3.05, 3.63) is 65.9 Å². The molecule has 0 bridgehead atoms. The number of benzene rings is 2. The second kappa shape index (κ2) is 10.1. The second-order valence-corrected chi connectivity index (χ2v) is 7.55. The maximum atomic E-state index is 12.6. The van der Waals surface area contributed by atoms with Gasteiger partial charge in [0.15, 0.2) is 0 Å². The Morgan fingerprint density at radius 1 is 1.03 bits per heavy atom. The minimum atomic E-state index is -0.255. The van der Waals surface area contributed by atoms with Gasteiger partial charge in [0.05, 0.1) is 19.1 Å². The summed E-state index contributed by atoms with van der Waals surface area (Å²) in [5, 5.41) is 6.91. The van der Waals surface area contributed by atoms with Gasteiger partial charge in [-0.05, 0) is 50.6 Å². The van der Waals surface area contributed by atoms with Gasteiger partial charge in [-0.25, -0.2) is 0 Å². The van der Waals surface area contributed by atoms with E-state index in [0.29, 0.717) is 12.3 Å². The van der Waals surface area contributed by atoms with Crippen LogP contribution in [0.5, 0.6) is 0 Å². The topological polar surface area (TPSA) is 74.6 Å². The molecule has 2 aromatic carbocycles. The Bertz CT molecular complexity index is 979. The van der Waals surface area contributed by atoms with Gasteiger partial charge >= 0.3 is 0 Å². The first-order chi connectivity index (χ1) is 14.5. The molecule has 0 fully saturated rings. The summed E-state index contributed by atoms with van der Waals surface area (Å²) in [7, 11) is 0. The van der Waals surface area contributed by atoms with Gasteiger partial charge in [0.25, 0.3) is 0 Å². The van der Waals surface area contributed by atoms with E-state index in [1.807, 2.05) is 80.3 Å². The molecule has 2 amide bonds. The first-order valence-electron chi connectivity index (χ1n) is 10.3. The minimum absolute atomic E-state index is 0.129. The molecule has 2 N–H and O–H groups in total. The van der Waals surface area contributed by atoms with Gasteiger partial charge in [-0.1, -0.05) is 43.3 Å². The molecule has 0 aliphatic carbocycles. The third-order valence-corrected chi connectivity index (χ3v) is 4.94. The molecule has 1 atom stereocenters. The quantitative estimate of drug-likeness (QED) is 0.556. The summed E-state index contributed by atoms with van der Waals surface area (Å²) in [6.07, 6.45) is 0.851. The van der Waals surface area contributed by atoms with Crippen molar-refractivity contribution in [2.45, 2.75) is 33.2 Å². The Labute approximate surface area is 177 Å². The van der Waals surface area contributed by atoms with Crippen molar-refractivity contribution in [3.8, 4) is 0 Å². The summed E-state index contributed by atoms with van der Waals surface area (Å²) in [6, 6.07) is 17.1. The highest BCUT2D eigenvalue weighted by Gasteiger charge is 2.18. The summed E-state index contributed by atoms with van der Waals surface area (Å²) in [6.45, 7) is 6.85. The molecule has 0 aliphatic heterocycles. The minimum Gasteiger partial charge on any atom is -0.459 e. The number of nitrogens with one attached hydrogen (secondary N) is 2. The van der Waals surface area contributed by atoms with Gasteiger partial charge < -0.3 is 15.1 Å². The predicted molar refractivity (Wildman–Crippen MR) is 119 cm³/mol. The molecule has 0 radical (unpaired) electrons. The standard InChI is InChI=1S/C24H29N3O3/c1-4-13-27(16-24(29)26-20-11-7-5-9-17(20)2)15-23(28)25-18(3)22-14-19-10-6-8-12-21(19)30-22/h5-12,14,18H,4,13,15-16H2,1-3H3,(H,25,28)(H,26,29)/t18-/m1/s1. The lowest BCUT2D eigenvalue weighted by molar-refractivity contribution is -0.124. The Hall–Kier alpha value is -3.12. The number of aryl methyl sites for hydroxylation is 1. The number of amides is 2. The molecule has 30 heavy (non-hydrogen) atoms. The van der Waals surface area contributed by atoms with E-state index in [0.717, 1.165) is 28.6 Å². The molecular formula is C24H29N3O3. The average molecular weight is 408 g/mol. The van der Waals surface area contributed by atoms with Crippen LogP contribution in [0.3, 0.4) is 0 Å². The number of anilines is 1. The number of carbonyl (C=O) groups excluding carboxylic acids is 2. The Morgan fingerprint density at radius 3 is 2.47 bits per heavy atom. The van der Waals surface area contributed by atoms with Gasteiger partial charge in [-0.15, -0.1) is 0 Å². The van der Waals surface area contributed by atoms with Gasteiger partial charge in [0.2, 0.25) is 11.8 Å². The first kappa shape index (κ1) is 21.6. The molecule has 158 valence electrons. The van der Waals surface area contributed by atoms with Crippen LogP contribution in [-0.2, 0) is 9.59 Å². The molecule has 1 heterocycles. The predicted octanol–water partition coefficient (Wildman–Crippen LogP) is 4.27. The number of nitrogens with zero attached hydrogens (tertiary/aromatic N) is 1. The third-order valence-electron chi connectivity index (χ3n) is 4.94. The lowest BCUT2D eigenvalue weighted by Gasteiger charge is -2.22. The fourth-order valence-electron chi connectivity index (χ4n) is 3.41. The van der Waals surface area contributed by atoms with Crippen molar-refractivity contribution in [2.24, 2.45) is 0 Å². The molecule has 0 saturated heterocycles. The van der Waals surface area contributed by atoms with Crippen molar-refractivity contribution < 1.29 is 14.0 Å². The molecule has 3 aromatic rings. The van der Waals surface area contributed by atoms with Crippen LogP contribution in [0.15, 0.2) is 59.0 Å². The smallest absolute Gasteiger partial charge is 0.238 e. The summed E-state index contributed by atoms with van der Waals surface area (Å²) >= 11 is 0. The van der Waals surface area contributed by atoms with Gasteiger partial charge in [-0.2, -0.15) is 0 Å². The summed E-state index contributed by atoms with van der Waals surface area (Å²) in [4.78, 5) is 26.9. The highest BCUT2D eigenvalue weighted by molar-refractivity contribution is 5.93. The number of furan rings is 1. The van der Waals surface area contributed by atoms with Gasteiger partial charge in [0, 0.05) is 11.1 Å². The van der Waals surface area contributed by atoms with Crippen molar-refractivity contribution >= 4 is 28.5 Å². The van der Waals surface area contributed by atoms with E-state index < -0.39 is 0 Å². The first-order valence-corrected chi connectivity index (χ1v) is 10.3. The Balaban J connectivity index is 1.56. The lowest BCUT2D eigenvalue weighted by Crippen LogP contribution is -2.42. The van der Waals surface area contributed by atoms with E-state index in [-0.39, 0.29) is 30.9 Å². The molecule has 3 rings (SSSR count). The Morgan fingerprint density at radius 2 is 1.73 bits per heavy atom. The van der Waals surface area contributed by atoms with E-state index in [4.69, 9.17) is 4.42 Å². The summed E-state index contributed by atoms with van der Waals surface area (Å²) < 4.78 is 5.83. The monoisotopic (exact) mass is 407 g/mol. The van der Waals surface area contributed by atoms with Crippen LogP contribution in [0.2, 0.25) is 0 Å². The average Bonchev–Trinajstić information content (AvgIpc) is 3.14. The molecule has 1 aromatic heterocycles. The van der Waals surface area contributed by atoms with Crippen molar-refractivity contribution in [1.29, 1.82) is 0 Å². The SMILES string of the molecule is CCCN(CC(=O)Nc1ccccc1C)CC(=O)N[C@H](C)c1cc2ccccc2o1. The third kappa shape index (κ3) is 5.70. The van der Waals surface area contributed by atoms with E-state index in [2.05, 4.69) is 10.6 Å². The number of hydrogen-bond donors (Lipinski definition) is 2. The van der Waals surface area contributed by atoms with E-state index in [1.54, 1.807) is 0 Å². The van der Waals surface area contributed by atoms with Crippen LogP contribution in [0, 0.1) is 6.92 Å². The highest BCUT2D eigenvalue weighted by atomic mass is 16.3. The Kier molecular flexibility index (Phi) is 7.25. The number of rotatable bonds is 9.